The Kier molecular flexibility index (Phi) is 5.88. The van der Waals surface area contributed by atoms with Crippen LogP contribution in [0.3, 0.4) is 0 Å². The first kappa shape index (κ1) is 16.1. The van der Waals surface area contributed by atoms with Crippen molar-refractivity contribution in [1.82, 2.24) is 4.90 Å². The van der Waals surface area contributed by atoms with E-state index in [-0.39, 0.29) is 18.6 Å². The van der Waals surface area contributed by atoms with Gasteiger partial charge in [-0.2, -0.15) is 0 Å². The maximum Gasteiger partial charge on any atom is 0.263 e. The van der Waals surface area contributed by atoms with Crippen molar-refractivity contribution in [3.63, 3.8) is 0 Å². The third-order valence-corrected chi connectivity index (χ3v) is 4.06. The molecular formula is C16H22ClNO3. The zero-order valence-electron chi connectivity index (χ0n) is 12.3. The van der Waals surface area contributed by atoms with Crippen LogP contribution < -0.4 is 4.74 Å². The first-order valence-electron chi connectivity index (χ1n) is 7.45. The molecule has 1 aliphatic rings. The van der Waals surface area contributed by atoms with Crippen LogP contribution in [0.15, 0.2) is 24.3 Å². The van der Waals surface area contributed by atoms with E-state index in [1.165, 1.54) is 0 Å². The number of rotatable bonds is 4. The fraction of sp³-hybridized carbons (Fsp3) is 0.562. The average Bonchev–Trinajstić information content (AvgIpc) is 2.71. The molecule has 2 atom stereocenters. The number of halogens is 1. The molecule has 116 valence electrons. The highest BCUT2D eigenvalue weighted by molar-refractivity contribution is 6.30. The van der Waals surface area contributed by atoms with Gasteiger partial charge in [-0.25, -0.2) is 0 Å². The summed E-state index contributed by atoms with van der Waals surface area (Å²) in [5.41, 5.74) is 0. The zero-order chi connectivity index (χ0) is 15.2. The molecule has 5 heteroatoms. The van der Waals surface area contributed by atoms with E-state index in [2.05, 4.69) is 0 Å². The molecule has 1 fully saturated rings. The lowest BCUT2D eigenvalue weighted by atomic mass is 10.1. The van der Waals surface area contributed by atoms with E-state index >= 15 is 0 Å². The Labute approximate surface area is 130 Å². The second-order valence-corrected chi connectivity index (χ2v) is 5.87. The van der Waals surface area contributed by atoms with Gasteiger partial charge in [-0.1, -0.05) is 30.5 Å². The molecule has 1 saturated heterocycles. The first-order chi connectivity index (χ1) is 10.1. The highest BCUT2D eigenvalue weighted by Gasteiger charge is 2.29. The second kappa shape index (κ2) is 7.66. The highest BCUT2D eigenvalue weighted by atomic mass is 35.5. The number of hydrogen-bond acceptors (Lipinski definition) is 3. The molecule has 2 rings (SSSR count). The number of ether oxygens (including phenoxy) is 1. The van der Waals surface area contributed by atoms with Crippen LogP contribution in [0.4, 0.5) is 0 Å². The lowest BCUT2D eigenvalue weighted by Crippen LogP contribution is -2.47. The van der Waals surface area contributed by atoms with E-state index in [0.717, 1.165) is 25.7 Å². The maximum absolute atomic E-state index is 12.6. The summed E-state index contributed by atoms with van der Waals surface area (Å²) in [6.07, 6.45) is 3.40. The molecule has 1 heterocycles. The molecule has 0 radical (unpaired) electrons. The van der Waals surface area contributed by atoms with Crippen LogP contribution in [0.1, 0.15) is 32.6 Å². The van der Waals surface area contributed by atoms with Crippen molar-refractivity contribution in [3.05, 3.63) is 29.3 Å². The van der Waals surface area contributed by atoms with Crippen molar-refractivity contribution >= 4 is 17.5 Å². The van der Waals surface area contributed by atoms with Crippen LogP contribution in [0.2, 0.25) is 5.02 Å². The van der Waals surface area contributed by atoms with E-state index in [1.54, 1.807) is 36.1 Å². The summed E-state index contributed by atoms with van der Waals surface area (Å²) in [5, 5.41) is 10.1. The van der Waals surface area contributed by atoms with Gasteiger partial charge in [-0.05, 0) is 38.0 Å². The van der Waals surface area contributed by atoms with Gasteiger partial charge in [0, 0.05) is 11.6 Å². The summed E-state index contributed by atoms with van der Waals surface area (Å²) in [5.74, 6) is 0.509. The fourth-order valence-electron chi connectivity index (χ4n) is 2.69. The van der Waals surface area contributed by atoms with Gasteiger partial charge in [0.15, 0.2) is 6.10 Å². The number of aliphatic hydroxyl groups excluding tert-OH is 1. The highest BCUT2D eigenvalue weighted by Crippen LogP contribution is 2.21. The van der Waals surface area contributed by atoms with Crippen LogP contribution in [0.25, 0.3) is 0 Å². The molecule has 0 spiro atoms. The van der Waals surface area contributed by atoms with E-state index < -0.39 is 6.10 Å². The summed E-state index contributed by atoms with van der Waals surface area (Å²) >= 11 is 5.92. The minimum absolute atomic E-state index is 0.00955. The van der Waals surface area contributed by atoms with Crippen LogP contribution in [-0.4, -0.2) is 41.2 Å². The molecule has 0 bridgehead atoms. The molecule has 1 amide bonds. The summed E-state index contributed by atoms with van der Waals surface area (Å²) in [4.78, 5) is 14.3. The molecule has 1 N–H and O–H groups in total. The lowest BCUT2D eigenvalue weighted by molar-refractivity contribution is -0.141. The molecule has 1 aromatic rings. The number of benzene rings is 1. The number of aliphatic hydroxyl groups is 1. The van der Waals surface area contributed by atoms with Gasteiger partial charge in [0.2, 0.25) is 0 Å². The topological polar surface area (TPSA) is 49.8 Å². The van der Waals surface area contributed by atoms with Gasteiger partial charge in [0.1, 0.15) is 5.75 Å². The zero-order valence-corrected chi connectivity index (χ0v) is 13.1. The number of carbonyl (C=O) groups excluding carboxylic acids is 1. The molecule has 21 heavy (non-hydrogen) atoms. The second-order valence-electron chi connectivity index (χ2n) is 5.43. The Balaban J connectivity index is 2.03. The van der Waals surface area contributed by atoms with E-state index in [0.29, 0.717) is 17.3 Å². The lowest BCUT2D eigenvalue weighted by Gasteiger charge is -2.31. The Hall–Kier alpha value is -1.26. The quantitative estimate of drug-likeness (QED) is 0.930. The summed E-state index contributed by atoms with van der Waals surface area (Å²) in [6, 6.07) is 6.93. The van der Waals surface area contributed by atoms with Crippen LogP contribution in [0, 0.1) is 0 Å². The van der Waals surface area contributed by atoms with Crippen LogP contribution in [0.5, 0.6) is 5.75 Å². The summed E-state index contributed by atoms with van der Waals surface area (Å²) in [7, 11) is 0. The van der Waals surface area contributed by atoms with Crippen molar-refractivity contribution in [2.75, 3.05) is 13.2 Å². The van der Waals surface area contributed by atoms with E-state index in [4.69, 9.17) is 16.3 Å². The molecule has 2 unspecified atom stereocenters. The molecular weight excluding hydrogens is 290 g/mol. The largest absolute Gasteiger partial charge is 0.481 e. The average molecular weight is 312 g/mol. The van der Waals surface area contributed by atoms with Gasteiger partial charge in [0.25, 0.3) is 5.91 Å². The van der Waals surface area contributed by atoms with Gasteiger partial charge in [-0.15, -0.1) is 0 Å². The number of amides is 1. The van der Waals surface area contributed by atoms with E-state index in [1.807, 2.05) is 0 Å². The Morgan fingerprint density at radius 3 is 3.00 bits per heavy atom. The molecule has 0 aromatic heterocycles. The van der Waals surface area contributed by atoms with Crippen molar-refractivity contribution in [2.45, 2.75) is 44.8 Å². The molecule has 1 aliphatic heterocycles. The first-order valence-corrected chi connectivity index (χ1v) is 7.83. The van der Waals surface area contributed by atoms with Gasteiger partial charge in [-0.3, -0.25) is 4.79 Å². The fourth-order valence-corrected chi connectivity index (χ4v) is 2.87. The van der Waals surface area contributed by atoms with Crippen molar-refractivity contribution < 1.29 is 14.6 Å². The Bertz CT molecular complexity index is 480. The summed E-state index contributed by atoms with van der Waals surface area (Å²) in [6.45, 7) is 2.44. The van der Waals surface area contributed by atoms with Gasteiger partial charge >= 0.3 is 0 Å². The third-order valence-electron chi connectivity index (χ3n) is 3.83. The molecule has 0 aliphatic carbocycles. The number of hydrogen-bond donors (Lipinski definition) is 1. The normalized spacial score (nSPS) is 20.7. The number of carbonyl (C=O) groups is 1. The Morgan fingerprint density at radius 1 is 1.48 bits per heavy atom. The van der Waals surface area contributed by atoms with Crippen LogP contribution in [-0.2, 0) is 4.79 Å². The third kappa shape index (κ3) is 4.35. The maximum atomic E-state index is 12.6. The van der Waals surface area contributed by atoms with Gasteiger partial charge in [0.05, 0.1) is 12.6 Å². The summed E-state index contributed by atoms with van der Waals surface area (Å²) < 4.78 is 5.69. The smallest absolute Gasteiger partial charge is 0.263 e. The predicted molar refractivity (Wildman–Crippen MR) is 82.6 cm³/mol. The number of likely N-dealkylation sites (tertiary alicyclic amines) is 1. The minimum atomic E-state index is -0.587. The molecule has 1 aromatic carbocycles. The van der Waals surface area contributed by atoms with Crippen molar-refractivity contribution in [3.8, 4) is 5.75 Å². The Morgan fingerprint density at radius 2 is 2.29 bits per heavy atom. The predicted octanol–water partition coefficient (Wildman–Crippen LogP) is 2.87. The standard InChI is InChI=1S/C16H22ClNO3/c1-12(21-15-8-5-6-13(17)10-15)16(20)18-9-4-2-3-7-14(18)11-19/h5-6,8,10,12,14,19H,2-4,7,9,11H2,1H3. The monoisotopic (exact) mass is 311 g/mol. The van der Waals surface area contributed by atoms with Gasteiger partial charge < -0.3 is 14.7 Å². The van der Waals surface area contributed by atoms with Crippen molar-refractivity contribution in [1.29, 1.82) is 0 Å². The molecule has 4 nitrogen and oxygen atoms in total. The molecule has 0 saturated carbocycles. The van der Waals surface area contributed by atoms with Crippen molar-refractivity contribution in [2.24, 2.45) is 0 Å². The SMILES string of the molecule is CC(Oc1cccc(Cl)c1)C(=O)N1CCCCCC1CO. The van der Waals surface area contributed by atoms with E-state index in [9.17, 15) is 9.90 Å². The minimum Gasteiger partial charge on any atom is -0.481 e. The van der Waals surface area contributed by atoms with Crippen LogP contribution >= 0.6 is 11.6 Å². The number of nitrogens with zero attached hydrogens (tertiary/aromatic N) is 1.